The van der Waals surface area contributed by atoms with Crippen LogP contribution < -0.4 is 14.9 Å². The van der Waals surface area contributed by atoms with Gasteiger partial charge in [-0.25, -0.2) is 4.39 Å². The maximum absolute atomic E-state index is 15.1. The van der Waals surface area contributed by atoms with Crippen molar-refractivity contribution < 1.29 is 33.9 Å². The second kappa shape index (κ2) is 14.5. The highest BCUT2D eigenvalue weighted by molar-refractivity contribution is 5.89. The van der Waals surface area contributed by atoms with E-state index in [9.17, 15) is 15.0 Å². The van der Waals surface area contributed by atoms with Crippen molar-refractivity contribution in [3.8, 4) is 22.6 Å². The van der Waals surface area contributed by atoms with Crippen molar-refractivity contribution in [2.45, 2.75) is 45.9 Å². The summed E-state index contributed by atoms with van der Waals surface area (Å²) in [5.74, 6) is 0.287. The first-order valence-electron chi connectivity index (χ1n) is 12.0. The SMILES string of the molecule is CCCOc1ccc(F)c2c(=O)c(-c3ccc(OC)cc3)cn(C(CC(O)CO)OCC)c12.CCO. The van der Waals surface area contributed by atoms with E-state index in [-0.39, 0.29) is 29.5 Å². The monoisotopic (exact) mass is 505 g/mol. The van der Waals surface area contributed by atoms with Crippen LogP contribution in [0.25, 0.3) is 22.0 Å². The zero-order chi connectivity index (χ0) is 26.7. The Balaban J connectivity index is 0.00000145. The van der Waals surface area contributed by atoms with E-state index < -0.39 is 30.2 Å². The molecule has 0 saturated heterocycles. The number of rotatable bonds is 11. The van der Waals surface area contributed by atoms with Crippen LogP contribution >= 0.6 is 0 Å². The molecule has 0 saturated carbocycles. The van der Waals surface area contributed by atoms with E-state index in [1.165, 1.54) is 12.1 Å². The number of hydrogen-bond acceptors (Lipinski definition) is 7. The van der Waals surface area contributed by atoms with Gasteiger partial charge in [0.2, 0.25) is 0 Å². The average molecular weight is 506 g/mol. The highest BCUT2D eigenvalue weighted by atomic mass is 19.1. The van der Waals surface area contributed by atoms with Gasteiger partial charge in [0.1, 0.15) is 23.5 Å². The van der Waals surface area contributed by atoms with Crippen LogP contribution in [0.2, 0.25) is 0 Å². The molecule has 0 radical (unpaired) electrons. The van der Waals surface area contributed by atoms with Gasteiger partial charge >= 0.3 is 0 Å². The second-order valence-corrected chi connectivity index (χ2v) is 7.92. The molecule has 2 atom stereocenters. The predicted molar refractivity (Wildman–Crippen MR) is 137 cm³/mol. The van der Waals surface area contributed by atoms with Gasteiger partial charge in [0.05, 0.1) is 37.3 Å². The predicted octanol–water partition coefficient (Wildman–Crippen LogP) is 3.88. The maximum Gasteiger partial charge on any atom is 0.200 e. The molecule has 2 unspecified atom stereocenters. The number of aliphatic hydroxyl groups excluding tert-OH is 3. The molecule has 0 bridgehead atoms. The van der Waals surface area contributed by atoms with Crippen LogP contribution in [0.5, 0.6) is 11.5 Å². The standard InChI is InChI=1S/C25H30FNO6.C2H6O/c1-4-12-33-21-11-10-20(26)23-24(21)27(22(32-5-2)13-17(29)15-28)14-19(25(23)30)16-6-8-18(31-3)9-7-16;1-2-3/h6-11,14,17,22,28-29H,4-5,12-13,15H2,1-3H3;3H,2H2,1H3. The first-order chi connectivity index (χ1) is 17.4. The lowest BCUT2D eigenvalue weighted by atomic mass is 10.0. The van der Waals surface area contributed by atoms with Crippen molar-refractivity contribution in [2.75, 3.05) is 33.5 Å². The third-order valence-corrected chi connectivity index (χ3v) is 5.30. The summed E-state index contributed by atoms with van der Waals surface area (Å²) in [7, 11) is 1.55. The van der Waals surface area contributed by atoms with Crippen molar-refractivity contribution in [1.82, 2.24) is 4.57 Å². The zero-order valence-corrected chi connectivity index (χ0v) is 21.2. The Morgan fingerprint density at radius 3 is 2.28 bits per heavy atom. The number of halogens is 1. The van der Waals surface area contributed by atoms with Crippen molar-refractivity contribution >= 4 is 10.9 Å². The summed E-state index contributed by atoms with van der Waals surface area (Å²) in [4.78, 5) is 13.5. The first kappa shape index (κ1) is 29.3. The van der Waals surface area contributed by atoms with E-state index in [1.54, 1.807) is 56.0 Å². The van der Waals surface area contributed by atoms with Crippen LogP contribution in [0.15, 0.2) is 47.4 Å². The Morgan fingerprint density at radius 2 is 1.72 bits per heavy atom. The summed E-state index contributed by atoms with van der Waals surface area (Å²) in [6.07, 6.45) is 0.519. The molecule has 9 heteroatoms. The van der Waals surface area contributed by atoms with E-state index in [2.05, 4.69) is 0 Å². The number of ether oxygens (including phenoxy) is 3. The van der Waals surface area contributed by atoms with Crippen LogP contribution in [0, 0.1) is 5.82 Å². The average Bonchev–Trinajstić information content (AvgIpc) is 2.88. The number of hydrogen-bond donors (Lipinski definition) is 3. The first-order valence-corrected chi connectivity index (χ1v) is 12.0. The molecule has 0 aliphatic heterocycles. The van der Waals surface area contributed by atoms with Crippen molar-refractivity contribution in [3.63, 3.8) is 0 Å². The minimum Gasteiger partial charge on any atom is -0.497 e. The van der Waals surface area contributed by atoms with Crippen LogP contribution in [-0.2, 0) is 4.74 Å². The maximum atomic E-state index is 15.1. The molecule has 1 heterocycles. The summed E-state index contributed by atoms with van der Waals surface area (Å²) in [6.45, 7) is 5.90. The Morgan fingerprint density at radius 1 is 1.06 bits per heavy atom. The summed E-state index contributed by atoms with van der Waals surface area (Å²) in [5.41, 5.74) is 0.603. The highest BCUT2D eigenvalue weighted by Crippen LogP contribution is 2.33. The molecule has 0 amide bonds. The van der Waals surface area contributed by atoms with Gasteiger partial charge in [0.15, 0.2) is 5.43 Å². The molecule has 0 aliphatic carbocycles. The van der Waals surface area contributed by atoms with Gasteiger partial charge in [0.25, 0.3) is 0 Å². The summed E-state index contributed by atoms with van der Waals surface area (Å²) >= 11 is 0. The number of aliphatic hydroxyl groups is 3. The fourth-order valence-electron chi connectivity index (χ4n) is 3.71. The Kier molecular flexibility index (Phi) is 11.8. The molecule has 1 aromatic heterocycles. The molecule has 0 fully saturated rings. The zero-order valence-electron chi connectivity index (χ0n) is 21.2. The minimum absolute atomic E-state index is 0.0358. The normalized spacial score (nSPS) is 12.6. The quantitative estimate of drug-likeness (QED) is 0.363. The van der Waals surface area contributed by atoms with Gasteiger partial charge in [-0.2, -0.15) is 0 Å². The number of benzene rings is 2. The van der Waals surface area contributed by atoms with Crippen LogP contribution in [-0.4, -0.2) is 59.5 Å². The summed E-state index contributed by atoms with van der Waals surface area (Å²) < 4.78 is 33.6. The van der Waals surface area contributed by atoms with Gasteiger partial charge in [0, 0.05) is 31.4 Å². The lowest BCUT2D eigenvalue weighted by Gasteiger charge is -2.26. The molecule has 2 aromatic carbocycles. The van der Waals surface area contributed by atoms with Gasteiger partial charge in [-0.05, 0) is 50.1 Å². The number of aromatic nitrogens is 1. The van der Waals surface area contributed by atoms with Gasteiger partial charge in [-0.15, -0.1) is 0 Å². The third kappa shape index (κ3) is 7.04. The molecule has 3 rings (SSSR count). The van der Waals surface area contributed by atoms with Gasteiger partial charge in [-0.3, -0.25) is 4.79 Å². The Bertz CT molecular complexity index is 1150. The van der Waals surface area contributed by atoms with Crippen molar-refractivity contribution in [3.05, 3.63) is 58.6 Å². The molecule has 3 aromatic rings. The molecule has 0 aliphatic rings. The molecule has 0 spiro atoms. The molecule has 36 heavy (non-hydrogen) atoms. The van der Waals surface area contributed by atoms with Crippen molar-refractivity contribution in [2.24, 2.45) is 0 Å². The summed E-state index contributed by atoms with van der Waals surface area (Å²) in [6, 6.07) is 9.58. The van der Waals surface area contributed by atoms with E-state index in [4.69, 9.17) is 19.3 Å². The number of fused-ring (bicyclic) bond motifs is 1. The molecular formula is C27H36FNO7. The Labute approximate surface area is 210 Å². The second-order valence-electron chi connectivity index (χ2n) is 7.92. The fourth-order valence-corrected chi connectivity index (χ4v) is 3.71. The molecule has 198 valence electrons. The lowest BCUT2D eigenvalue weighted by Crippen LogP contribution is -2.25. The summed E-state index contributed by atoms with van der Waals surface area (Å²) in [5, 5.41) is 27.0. The van der Waals surface area contributed by atoms with E-state index in [0.717, 1.165) is 6.42 Å². The van der Waals surface area contributed by atoms with E-state index in [1.807, 2.05) is 6.92 Å². The molecule has 8 nitrogen and oxygen atoms in total. The molecular weight excluding hydrogens is 469 g/mol. The van der Waals surface area contributed by atoms with Gasteiger partial charge in [-0.1, -0.05) is 19.1 Å². The largest absolute Gasteiger partial charge is 0.497 e. The van der Waals surface area contributed by atoms with Crippen molar-refractivity contribution in [1.29, 1.82) is 0 Å². The van der Waals surface area contributed by atoms with E-state index in [0.29, 0.717) is 30.3 Å². The van der Waals surface area contributed by atoms with Crippen LogP contribution in [0.4, 0.5) is 4.39 Å². The Hall–Kier alpha value is -2.98. The fraction of sp³-hybridized carbons (Fsp3) is 0.444. The molecule has 3 N–H and O–H groups in total. The number of methoxy groups -OCH3 is 1. The smallest absolute Gasteiger partial charge is 0.200 e. The van der Waals surface area contributed by atoms with Gasteiger partial charge < -0.3 is 34.1 Å². The number of pyridine rings is 1. The van der Waals surface area contributed by atoms with E-state index >= 15 is 4.39 Å². The third-order valence-electron chi connectivity index (χ3n) is 5.30. The highest BCUT2D eigenvalue weighted by Gasteiger charge is 2.24. The van der Waals surface area contributed by atoms with Crippen LogP contribution in [0.1, 0.15) is 39.8 Å². The lowest BCUT2D eigenvalue weighted by molar-refractivity contribution is -0.0343. The van der Waals surface area contributed by atoms with Crippen LogP contribution in [0.3, 0.4) is 0 Å². The minimum atomic E-state index is -1.06. The number of nitrogens with zero attached hydrogens (tertiary/aromatic N) is 1. The topological polar surface area (TPSA) is 110 Å².